The lowest BCUT2D eigenvalue weighted by atomic mass is 10.2. The molecule has 0 heterocycles. The van der Waals surface area contributed by atoms with Gasteiger partial charge in [-0.15, -0.1) is 6.58 Å². The average Bonchev–Trinajstić information content (AvgIpc) is 1.91. The summed E-state index contributed by atoms with van der Waals surface area (Å²) in [6.45, 7) is 6.40. The minimum atomic E-state index is 0.225. The predicted molar refractivity (Wildman–Crippen MR) is 41.1 cm³/mol. The Bertz CT molecular complexity index is 88.9. The molecule has 2 N–H and O–H groups in total. The minimum absolute atomic E-state index is 0.225. The highest BCUT2D eigenvalue weighted by atomic mass is 14.9. The molecule has 0 fully saturated rings. The fourth-order valence-corrected chi connectivity index (χ4v) is 0.556. The zero-order valence-corrected chi connectivity index (χ0v) is 5.85. The monoisotopic (exact) mass is 126 g/mol. The van der Waals surface area contributed by atoms with Crippen LogP contribution in [0.15, 0.2) is 12.7 Å². The topological polar surface area (TPSA) is 35.9 Å². The first-order valence-corrected chi connectivity index (χ1v) is 3.20. The van der Waals surface area contributed by atoms with E-state index in [1.165, 1.54) is 6.21 Å². The summed E-state index contributed by atoms with van der Waals surface area (Å²) in [4.78, 5) is 0. The molecule has 0 saturated heterocycles. The van der Waals surface area contributed by atoms with Crippen LogP contribution >= 0.6 is 0 Å². The molecule has 2 heteroatoms. The van der Waals surface area contributed by atoms with Crippen molar-refractivity contribution >= 4 is 6.21 Å². The van der Waals surface area contributed by atoms with E-state index in [0.29, 0.717) is 0 Å². The second-order valence-electron chi connectivity index (χ2n) is 1.88. The van der Waals surface area contributed by atoms with Crippen LogP contribution in [-0.2, 0) is 0 Å². The summed E-state index contributed by atoms with van der Waals surface area (Å²) < 4.78 is 0. The molecule has 1 atom stereocenters. The van der Waals surface area contributed by atoms with Crippen LogP contribution in [0.4, 0.5) is 0 Å². The molecule has 52 valence electrons. The molecule has 0 saturated carbocycles. The lowest BCUT2D eigenvalue weighted by molar-refractivity contribution is 0.653. The van der Waals surface area contributed by atoms with Crippen molar-refractivity contribution in [2.75, 3.05) is 6.54 Å². The van der Waals surface area contributed by atoms with Crippen LogP contribution in [-0.4, -0.2) is 18.8 Å². The lowest BCUT2D eigenvalue weighted by Gasteiger charge is -2.07. The van der Waals surface area contributed by atoms with E-state index in [9.17, 15) is 0 Å². The van der Waals surface area contributed by atoms with E-state index in [1.807, 2.05) is 6.92 Å². The van der Waals surface area contributed by atoms with E-state index in [0.717, 1.165) is 13.0 Å². The van der Waals surface area contributed by atoms with Gasteiger partial charge in [-0.25, -0.2) is 0 Å². The molecule has 1 unspecified atom stereocenters. The quantitative estimate of drug-likeness (QED) is 0.421. The number of hydrogen-bond donors (Lipinski definition) is 2. The second kappa shape index (κ2) is 5.51. The first-order chi connectivity index (χ1) is 4.35. The molecular formula is C7H14N2. The maximum absolute atomic E-state index is 6.92. The van der Waals surface area contributed by atoms with Crippen LogP contribution in [0, 0.1) is 5.41 Å². The van der Waals surface area contributed by atoms with Gasteiger partial charge in [0.2, 0.25) is 0 Å². The highest BCUT2D eigenvalue weighted by Crippen LogP contribution is 1.83. The third-order valence-corrected chi connectivity index (χ3v) is 1.17. The largest absolute Gasteiger partial charge is 0.311 e. The Kier molecular flexibility index (Phi) is 5.12. The van der Waals surface area contributed by atoms with Crippen LogP contribution in [0.2, 0.25) is 0 Å². The minimum Gasteiger partial charge on any atom is -0.311 e. The van der Waals surface area contributed by atoms with Crippen molar-refractivity contribution in [2.45, 2.75) is 19.4 Å². The van der Waals surface area contributed by atoms with Gasteiger partial charge < -0.3 is 10.7 Å². The molecule has 2 nitrogen and oxygen atoms in total. The van der Waals surface area contributed by atoms with E-state index in [4.69, 9.17) is 5.41 Å². The number of nitrogens with one attached hydrogen (secondary N) is 2. The van der Waals surface area contributed by atoms with Crippen molar-refractivity contribution in [2.24, 2.45) is 0 Å². The summed E-state index contributed by atoms with van der Waals surface area (Å²) in [5, 5.41) is 10.0. The molecule has 0 rings (SSSR count). The van der Waals surface area contributed by atoms with Gasteiger partial charge in [0, 0.05) is 18.8 Å². The lowest BCUT2D eigenvalue weighted by Crippen LogP contribution is -2.29. The van der Waals surface area contributed by atoms with Crippen molar-refractivity contribution in [1.29, 1.82) is 5.41 Å². The first kappa shape index (κ1) is 8.37. The summed E-state index contributed by atoms with van der Waals surface area (Å²) in [5.74, 6) is 0. The van der Waals surface area contributed by atoms with Gasteiger partial charge in [-0.1, -0.05) is 13.0 Å². The van der Waals surface area contributed by atoms with Crippen LogP contribution in [0.5, 0.6) is 0 Å². The molecule has 9 heavy (non-hydrogen) atoms. The van der Waals surface area contributed by atoms with Crippen molar-refractivity contribution in [1.82, 2.24) is 5.32 Å². The summed E-state index contributed by atoms with van der Waals surface area (Å²) in [6.07, 6.45) is 4.19. The van der Waals surface area contributed by atoms with Crippen LogP contribution in [0.25, 0.3) is 0 Å². The molecule has 0 aliphatic heterocycles. The Labute approximate surface area is 56.5 Å². The standard InChI is InChI=1S/C7H14N2/c1-3-5-9-7(4-2)6-8/h3,6-9H,1,4-5H2,2H3. The maximum atomic E-state index is 6.92. The fourth-order valence-electron chi connectivity index (χ4n) is 0.556. The van der Waals surface area contributed by atoms with Gasteiger partial charge in [0.05, 0.1) is 0 Å². The Morgan fingerprint density at radius 2 is 2.44 bits per heavy atom. The van der Waals surface area contributed by atoms with Crippen molar-refractivity contribution in [3.05, 3.63) is 12.7 Å². The Balaban J connectivity index is 3.30. The Morgan fingerprint density at radius 3 is 2.78 bits per heavy atom. The maximum Gasteiger partial charge on any atom is 0.0417 e. The summed E-state index contributed by atoms with van der Waals surface area (Å²) in [6, 6.07) is 0.225. The molecule has 0 aromatic heterocycles. The second-order valence-corrected chi connectivity index (χ2v) is 1.88. The molecule has 0 aromatic rings. The Hall–Kier alpha value is -0.630. The normalized spacial score (nSPS) is 12.6. The van der Waals surface area contributed by atoms with Gasteiger partial charge in [-0.3, -0.25) is 0 Å². The van der Waals surface area contributed by atoms with Gasteiger partial charge in [-0.2, -0.15) is 0 Å². The predicted octanol–water partition coefficient (Wildman–Crippen LogP) is 1.19. The van der Waals surface area contributed by atoms with Crippen molar-refractivity contribution < 1.29 is 0 Å². The van der Waals surface area contributed by atoms with Gasteiger partial charge in [0.1, 0.15) is 0 Å². The van der Waals surface area contributed by atoms with E-state index in [2.05, 4.69) is 11.9 Å². The number of rotatable bonds is 5. The van der Waals surface area contributed by atoms with E-state index in [-0.39, 0.29) is 6.04 Å². The average molecular weight is 126 g/mol. The molecule has 0 aliphatic carbocycles. The van der Waals surface area contributed by atoms with Crippen LogP contribution in [0.3, 0.4) is 0 Å². The van der Waals surface area contributed by atoms with Gasteiger partial charge in [0.25, 0.3) is 0 Å². The van der Waals surface area contributed by atoms with Gasteiger partial charge in [0.15, 0.2) is 0 Å². The molecular weight excluding hydrogens is 112 g/mol. The summed E-state index contributed by atoms with van der Waals surface area (Å²) in [7, 11) is 0. The highest BCUT2D eigenvalue weighted by molar-refractivity contribution is 5.60. The van der Waals surface area contributed by atoms with E-state index >= 15 is 0 Å². The third-order valence-electron chi connectivity index (χ3n) is 1.17. The molecule has 0 radical (unpaired) electrons. The highest BCUT2D eigenvalue weighted by Gasteiger charge is 1.95. The molecule has 0 aromatic carbocycles. The van der Waals surface area contributed by atoms with Gasteiger partial charge >= 0.3 is 0 Å². The SMILES string of the molecule is C=CCNC(C=N)CC. The number of hydrogen-bond acceptors (Lipinski definition) is 2. The van der Waals surface area contributed by atoms with Gasteiger partial charge in [-0.05, 0) is 6.42 Å². The molecule has 0 aliphatic rings. The molecule has 0 bridgehead atoms. The van der Waals surface area contributed by atoms with Crippen molar-refractivity contribution in [3.8, 4) is 0 Å². The molecule has 0 spiro atoms. The first-order valence-electron chi connectivity index (χ1n) is 3.20. The summed E-state index contributed by atoms with van der Waals surface area (Å²) in [5.41, 5.74) is 0. The Morgan fingerprint density at radius 1 is 1.78 bits per heavy atom. The van der Waals surface area contributed by atoms with Crippen LogP contribution < -0.4 is 5.32 Å². The van der Waals surface area contributed by atoms with E-state index < -0.39 is 0 Å². The zero-order valence-electron chi connectivity index (χ0n) is 5.85. The zero-order chi connectivity index (χ0) is 7.11. The summed E-state index contributed by atoms with van der Waals surface area (Å²) >= 11 is 0. The molecule has 0 amide bonds. The van der Waals surface area contributed by atoms with E-state index in [1.54, 1.807) is 6.08 Å². The third kappa shape index (κ3) is 3.91. The smallest absolute Gasteiger partial charge is 0.0417 e. The van der Waals surface area contributed by atoms with Crippen LogP contribution in [0.1, 0.15) is 13.3 Å². The fraction of sp³-hybridized carbons (Fsp3) is 0.571. The van der Waals surface area contributed by atoms with Crippen molar-refractivity contribution in [3.63, 3.8) is 0 Å².